The zero-order chi connectivity index (χ0) is 15.8. The van der Waals surface area contributed by atoms with Crippen molar-refractivity contribution < 1.29 is 13.9 Å². The number of para-hydroxylation sites is 1. The number of nitrogens with one attached hydrogen (secondary N) is 1. The van der Waals surface area contributed by atoms with Crippen molar-refractivity contribution in [1.29, 1.82) is 0 Å². The lowest BCUT2D eigenvalue weighted by Gasteiger charge is -2.15. The van der Waals surface area contributed by atoms with Crippen LogP contribution in [-0.4, -0.2) is 24.3 Å². The van der Waals surface area contributed by atoms with E-state index in [4.69, 9.17) is 20.8 Å². The van der Waals surface area contributed by atoms with Crippen LogP contribution in [0.2, 0.25) is 5.02 Å². The molecule has 1 aromatic carbocycles. The molecule has 2 aromatic rings. The van der Waals surface area contributed by atoms with Crippen molar-refractivity contribution in [2.24, 2.45) is 0 Å². The maximum absolute atomic E-state index is 11.9. The van der Waals surface area contributed by atoms with E-state index in [0.717, 1.165) is 17.3 Å². The van der Waals surface area contributed by atoms with Gasteiger partial charge < -0.3 is 14.5 Å². The van der Waals surface area contributed by atoms with Gasteiger partial charge in [-0.15, -0.1) is 0 Å². The number of amides is 1. The fraction of sp³-hybridized carbons (Fsp3) is 0.312. The number of halogens is 1. The van der Waals surface area contributed by atoms with Crippen molar-refractivity contribution in [3.8, 4) is 5.75 Å². The number of benzene rings is 1. The third-order valence-corrected chi connectivity index (χ3v) is 4.17. The predicted molar refractivity (Wildman–Crippen MR) is 89.4 cm³/mol. The van der Waals surface area contributed by atoms with Crippen LogP contribution >= 0.6 is 23.4 Å². The van der Waals surface area contributed by atoms with Crippen molar-refractivity contribution in [1.82, 2.24) is 5.32 Å². The normalized spacial score (nSPS) is 11.9. The van der Waals surface area contributed by atoms with Gasteiger partial charge in [-0.3, -0.25) is 4.79 Å². The van der Waals surface area contributed by atoms with Crippen molar-refractivity contribution in [2.75, 3.05) is 12.3 Å². The Labute approximate surface area is 139 Å². The summed E-state index contributed by atoms with van der Waals surface area (Å²) in [7, 11) is 0. The molecule has 0 aliphatic heterocycles. The van der Waals surface area contributed by atoms with Gasteiger partial charge in [-0.2, -0.15) is 11.8 Å². The van der Waals surface area contributed by atoms with Gasteiger partial charge >= 0.3 is 0 Å². The average molecular weight is 340 g/mol. The third kappa shape index (κ3) is 5.31. The first-order valence-electron chi connectivity index (χ1n) is 6.96. The van der Waals surface area contributed by atoms with Gasteiger partial charge in [0, 0.05) is 12.3 Å². The fourth-order valence-corrected chi connectivity index (χ4v) is 2.68. The van der Waals surface area contributed by atoms with Crippen LogP contribution in [0.1, 0.15) is 12.7 Å². The van der Waals surface area contributed by atoms with Gasteiger partial charge in [0.25, 0.3) is 5.91 Å². The highest BCUT2D eigenvalue weighted by Gasteiger charge is 2.15. The standard InChI is InChI=1S/C16H18ClNO3S/c1-12(21-15-7-3-2-6-14(15)17)16(19)18-8-10-22-11-13-5-4-9-20-13/h2-7,9,12H,8,10-11H2,1H3,(H,18,19). The van der Waals surface area contributed by atoms with Gasteiger partial charge in [0.2, 0.25) is 0 Å². The molecular weight excluding hydrogens is 322 g/mol. The molecule has 0 fully saturated rings. The van der Waals surface area contributed by atoms with Gasteiger partial charge in [-0.05, 0) is 31.2 Å². The Hall–Kier alpha value is -1.59. The summed E-state index contributed by atoms with van der Waals surface area (Å²) in [6.45, 7) is 2.29. The fourth-order valence-electron chi connectivity index (χ4n) is 1.74. The quantitative estimate of drug-likeness (QED) is 0.744. The maximum Gasteiger partial charge on any atom is 0.260 e. The molecule has 4 nitrogen and oxygen atoms in total. The van der Waals surface area contributed by atoms with E-state index < -0.39 is 6.10 Å². The molecule has 0 saturated heterocycles. The summed E-state index contributed by atoms with van der Waals surface area (Å²) in [5.74, 6) is 2.91. The molecule has 1 heterocycles. The van der Waals surface area contributed by atoms with Crippen LogP contribution in [0.4, 0.5) is 0 Å². The van der Waals surface area contributed by atoms with Crippen LogP contribution in [0.25, 0.3) is 0 Å². The predicted octanol–water partition coefficient (Wildman–Crippen LogP) is 3.75. The summed E-state index contributed by atoms with van der Waals surface area (Å²) in [5.41, 5.74) is 0. The molecule has 0 aliphatic carbocycles. The molecule has 0 saturated carbocycles. The number of ether oxygens (including phenoxy) is 1. The van der Waals surface area contributed by atoms with Gasteiger partial charge in [0.15, 0.2) is 6.10 Å². The van der Waals surface area contributed by atoms with Crippen LogP contribution in [0.3, 0.4) is 0 Å². The number of hydrogen-bond donors (Lipinski definition) is 1. The van der Waals surface area contributed by atoms with E-state index >= 15 is 0 Å². The second kappa shape index (κ2) is 8.76. The van der Waals surface area contributed by atoms with Crippen LogP contribution < -0.4 is 10.1 Å². The molecule has 2 rings (SSSR count). The van der Waals surface area contributed by atoms with Crippen molar-refractivity contribution >= 4 is 29.3 Å². The topological polar surface area (TPSA) is 51.5 Å². The Morgan fingerprint density at radius 1 is 1.36 bits per heavy atom. The number of carbonyl (C=O) groups excluding carboxylic acids is 1. The van der Waals surface area contributed by atoms with E-state index in [9.17, 15) is 4.79 Å². The molecule has 1 amide bonds. The van der Waals surface area contributed by atoms with E-state index in [1.54, 1.807) is 37.1 Å². The van der Waals surface area contributed by atoms with E-state index in [0.29, 0.717) is 17.3 Å². The van der Waals surface area contributed by atoms with E-state index in [1.165, 1.54) is 0 Å². The average Bonchev–Trinajstić information content (AvgIpc) is 3.02. The molecule has 1 atom stereocenters. The van der Waals surface area contributed by atoms with E-state index in [1.807, 2.05) is 24.3 Å². The molecule has 0 bridgehead atoms. The molecule has 118 valence electrons. The molecule has 6 heteroatoms. The van der Waals surface area contributed by atoms with E-state index in [2.05, 4.69) is 5.32 Å². The first-order chi connectivity index (χ1) is 10.7. The summed E-state index contributed by atoms with van der Waals surface area (Å²) in [6.07, 6.45) is 1.07. The summed E-state index contributed by atoms with van der Waals surface area (Å²) in [4.78, 5) is 11.9. The number of hydrogen-bond acceptors (Lipinski definition) is 4. The highest BCUT2D eigenvalue weighted by Crippen LogP contribution is 2.24. The highest BCUT2D eigenvalue weighted by molar-refractivity contribution is 7.98. The Bertz CT molecular complexity index is 589. The lowest BCUT2D eigenvalue weighted by atomic mass is 10.3. The van der Waals surface area contributed by atoms with Gasteiger partial charge in [0.05, 0.1) is 17.0 Å². The Kier molecular flexibility index (Phi) is 6.68. The minimum Gasteiger partial charge on any atom is -0.479 e. The highest BCUT2D eigenvalue weighted by atomic mass is 35.5. The lowest BCUT2D eigenvalue weighted by Crippen LogP contribution is -2.37. The molecule has 1 N–H and O–H groups in total. The van der Waals surface area contributed by atoms with Crippen molar-refractivity contribution in [3.63, 3.8) is 0 Å². The zero-order valence-corrected chi connectivity index (χ0v) is 13.8. The summed E-state index contributed by atoms with van der Waals surface area (Å²) >= 11 is 7.70. The minimum absolute atomic E-state index is 0.154. The van der Waals surface area contributed by atoms with Crippen LogP contribution in [-0.2, 0) is 10.5 Å². The Morgan fingerprint density at radius 2 is 2.18 bits per heavy atom. The first kappa shape index (κ1) is 16.8. The molecule has 0 radical (unpaired) electrons. The molecule has 1 unspecified atom stereocenters. The van der Waals surface area contributed by atoms with Gasteiger partial charge in [-0.1, -0.05) is 23.7 Å². The van der Waals surface area contributed by atoms with Gasteiger partial charge in [0.1, 0.15) is 11.5 Å². The second-order valence-electron chi connectivity index (χ2n) is 4.61. The monoisotopic (exact) mass is 339 g/mol. The number of thioether (sulfide) groups is 1. The second-order valence-corrected chi connectivity index (χ2v) is 6.13. The summed E-state index contributed by atoms with van der Waals surface area (Å²) < 4.78 is 10.8. The molecule has 0 spiro atoms. The molecule has 22 heavy (non-hydrogen) atoms. The Balaban J connectivity index is 1.65. The van der Waals surface area contributed by atoms with Crippen LogP contribution in [0.15, 0.2) is 47.1 Å². The van der Waals surface area contributed by atoms with Crippen LogP contribution in [0.5, 0.6) is 5.75 Å². The summed E-state index contributed by atoms with van der Waals surface area (Å²) in [6, 6.07) is 10.9. The number of rotatable bonds is 8. The smallest absolute Gasteiger partial charge is 0.260 e. The maximum atomic E-state index is 11.9. The lowest BCUT2D eigenvalue weighted by molar-refractivity contribution is -0.127. The van der Waals surface area contributed by atoms with E-state index in [-0.39, 0.29) is 5.91 Å². The molecular formula is C16H18ClNO3S. The van der Waals surface area contributed by atoms with Crippen molar-refractivity contribution in [3.05, 3.63) is 53.4 Å². The first-order valence-corrected chi connectivity index (χ1v) is 8.49. The SMILES string of the molecule is CC(Oc1ccccc1Cl)C(=O)NCCSCc1ccco1. The minimum atomic E-state index is -0.588. The number of furan rings is 1. The van der Waals surface area contributed by atoms with Gasteiger partial charge in [-0.25, -0.2) is 0 Å². The number of carbonyl (C=O) groups is 1. The summed E-state index contributed by atoms with van der Waals surface area (Å²) in [5, 5.41) is 3.34. The zero-order valence-electron chi connectivity index (χ0n) is 12.3. The molecule has 0 aliphatic rings. The largest absolute Gasteiger partial charge is 0.479 e. The third-order valence-electron chi connectivity index (χ3n) is 2.88. The molecule has 1 aromatic heterocycles. The van der Waals surface area contributed by atoms with Crippen LogP contribution in [0, 0.1) is 0 Å². The Morgan fingerprint density at radius 3 is 2.91 bits per heavy atom. The van der Waals surface area contributed by atoms with Crippen molar-refractivity contribution in [2.45, 2.75) is 18.8 Å².